The Morgan fingerprint density at radius 2 is 1.95 bits per heavy atom. The fraction of sp³-hybridized carbons (Fsp3) is 0.533. The van der Waals surface area contributed by atoms with E-state index in [-0.39, 0.29) is 5.78 Å². The molecule has 104 valence electrons. The minimum absolute atomic E-state index is 0.105. The molecule has 2 atom stereocenters. The highest BCUT2D eigenvalue weighted by Crippen LogP contribution is 2.23. The van der Waals surface area contributed by atoms with E-state index >= 15 is 0 Å². The van der Waals surface area contributed by atoms with Gasteiger partial charge >= 0.3 is 0 Å². The molecular weight excluding hydrogens is 238 g/mol. The van der Waals surface area contributed by atoms with Gasteiger partial charge in [-0.1, -0.05) is 0 Å². The molecule has 4 heteroatoms. The zero-order valence-electron chi connectivity index (χ0n) is 12.0. The highest BCUT2D eigenvalue weighted by atomic mass is 16.1. The average molecular weight is 261 g/mol. The van der Waals surface area contributed by atoms with Crippen LogP contribution >= 0.6 is 0 Å². The molecule has 2 N–H and O–H groups in total. The maximum absolute atomic E-state index is 11.3. The molecule has 1 aliphatic rings. The summed E-state index contributed by atoms with van der Waals surface area (Å²) < 4.78 is 0. The second-order valence-corrected chi connectivity index (χ2v) is 5.43. The second kappa shape index (κ2) is 5.72. The first-order valence-electron chi connectivity index (χ1n) is 6.81. The van der Waals surface area contributed by atoms with Crippen molar-refractivity contribution in [3.8, 4) is 0 Å². The SMILES string of the molecule is CC(=O)c1ccc(N2CC(C)N(C)CC2CN)cc1. The molecule has 0 spiro atoms. The molecule has 4 nitrogen and oxygen atoms in total. The van der Waals surface area contributed by atoms with Crippen LogP contribution in [-0.2, 0) is 0 Å². The number of hydrogen-bond donors (Lipinski definition) is 1. The summed E-state index contributed by atoms with van der Waals surface area (Å²) >= 11 is 0. The Hall–Kier alpha value is -1.39. The first kappa shape index (κ1) is 14.0. The molecule has 0 amide bonds. The van der Waals surface area contributed by atoms with Gasteiger partial charge < -0.3 is 10.6 Å². The van der Waals surface area contributed by atoms with Gasteiger partial charge in [-0.25, -0.2) is 0 Å². The number of Topliss-reactive ketones (excluding diaryl/α,β-unsaturated/α-hetero) is 1. The zero-order chi connectivity index (χ0) is 14.0. The van der Waals surface area contributed by atoms with Crippen molar-refractivity contribution in [2.75, 3.05) is 31.6 Å². The summed E-state index contributed by atoms with van der Waals surface area (Å²) in [7, 11) is 2.14. The van der Waals surface area contributed by atoms with Crippen LogP contribution in [0.15, 0.2) is 24.3 Å². The van der Waals surface area contributed by atoms with Crippen LogP contribution in [0.1, 0.15) is 24.2 Å². The molecule has 0 aliphatic carbocycles. The fourth-order valence-electron chi connectivity index (χ4n) is 2.59. The lowest BCUT2D eigenvalue weighted by Crippen LogP contribution is -2.58. The van der Waals surface area contributed by atoms with E-state index in [9.17, 15) is 4.79 Å². The molecule has 2 unspecified atom stereocenters. The van der Waals surface area contributed by atoms with Crippen molar-refractivity contribution < 1.29 is 4.79 Å². The van der Waals surface area contributed by atoms with Crippen LogP contribution < -0.4 is 10.6 Å². The van der Waals surface area contributed by atoms with Gasteiger partial charge in [-0.15, -0.1) is 0 Å². The highest BCUT2D eigenvalue weighted by molar-refractivity contribution is 5.94. The van der Waals surface area contributed by atoms with E-state index in [1.807, 2.05) is 24.3 Å². The van der Waals surface area contributed by atoms with Gasteiger partial charge in [0.05, 0.1) is 6.04 Å². The van der Waals surface area contributed by atoms with Crippen molar-refractivity contribution in [2.24, 2.45) is 5.73 Å². The van der Waals surface area contributed by atoms with E-state index in [2.05, 4.69) is 23.8 Å². The van der Waals surface area contributed by atoms with Gasteiger partial charge in [-0.3, -0.25) is 9.69 Å². The van der Waals surface area contributed by atoms with Crippen LogP contribution in [0.2, 0.25) is 0 Å². The van der Waals surface area contributed by atoms with E-state index < -0.39 is 0 Å². The molecule has 1 saturated heterocycles. The minimum Gasteiger partial charge on any atom is -0.364 e. The molecule has 0 bridgehead atoms. The predicted octanol–water partition coefficient (Wildman–Crippen LogP) is 1.36. The summed E-state index contributed by atoms with van der Waals surface area (Å²) in [5.41, 5.74) is 7.81. The predicted molar refractivity (Wildman–Crippen MR) is 78.7 cm³/mol. The average Bonchev–Trinajstić information content (AvgIpc) is 2.41. The molecule has 0 radical (unpaired) electrons. The van der Waals surface area contributed by atoms with Crippen molar-refractivity contribution in [3.05, 3.63) is 29.8 Å². The maximum atomic E-state index is 11.3. The topological polar surface area (TPSA) is 49.6 Å². The number of likely N-dealkylation sites (N-methyl/N-ethyl adjacent to an activating group) is 1. The fourth-order valence-corrected chi connectivity index (χ4v) is 2.59. The van der Waals surface area contributed by atoms with Crippen LogP contribution in [0.5, 0.6) is 0 Å². The van der Waals surface area contributed by atoms with Gasteiger partial charge in [-0.2, -0.15) is 0 Å². The molecule has 0 aromatic heterocycles. The third kappa shape index (κ3) is 2.96. The zero-order valence-corrected chi connectivity index (χ0v) is 12.0. The Bertz CT molecular complexity index is 443. The van der Waals surface area contributed by atoms with Crippen molar-refractivity contribution in [2.45, 2.75) is 25.9 Å². The summed E-state index contributed by atoms with van der Waals surface area (Å²) in [6.07, 6.45) is 0. The molecule has 19 heavy (non-hydrogen) atoms. The Balaban J connectivity index is 2.21. The van der Waals surface area contributed by atoms with Crippen LogP contribution in [0.3, 0.4) is 0 Å². The normalized spacial score (nSPS) is 24.5. The lowest BCUT2D eigenvalue weighted by molar-refractivity contribution is 0.101. The monoisotopic (exact) mass is 261 g/mol. The number of rotatable bonds is 3. The first-order chi connectivity index (χ1) is 9.02. The Kier molecular flexibility index (Phi) is 4.22. The maximum Gasteiger partial charge on any atom is 0.159 e. The molecule has 2 rings (SSSR count). The van der Waals surface area contributed by atoms with E-state index in [1.165, 1.54) is 0 Å². The third-order valence-electron chi connectivity index (χ3n) is 4.03. The number of carbonyl (C=O) groups excluding carboxylic acids is 1. The van der Waals surface area contributed by atoms with Crippen LogP contribution in [0, 0.1) is 0 Å². The number of nitrogens with two attached hydrogens (primary N) is 1. The largest absolute Gasteiger partial charge is 0.364 e. The van der Waals surface area contributed by atoms with E-state index in [1.54, 1.807) is 6.92 Å². The number of ketones is 1. The summed E-state index contributed by atoms with van der Waals surface area (Å²) in [6, 6.07) is 8.69. The lowest BCUT2D eigenvalue weighted by Gasteiger charge is -2.44. The number of piperazine rings is 1. The molecule has 1 fully saturated rings. The Morgan fingerprint density at radius 1 is 1.32 bits per heavy atom. The quantitative estimate of drug-likeness (QED) is 0.835. The lowest BCUT2D eigenvalue weighted by atomic mass is 10.1. The highest BCUT2D eigenvalue weighted by Gasteiger charge is 2.28. The second-order valence-electron chi connectivity index (χ2n) is 5.43. The van der Waals surface area contributed by atoms with E-state index in [0.717, 1.165) is 24.3 Å². The smallest absolute Gasteiger partial charge is 0.159 e. The number of benzene rings is 1. The molecule has 1 aliphatic heterocycles. The number of hydrogen-bond acceptors (Lipinski definition) is 4. The number of carbonyl (C=O) groups is 1. The van der Waals surface area contributed by atoms with Crippen molar-refractivity contribution in [3.63, 3.8) is 0 Å². The van der Waals surface area contributed by atoms with Crippen LogP contribution in [-0.4, -0.2) is 49.4 Å². The van der Waals surface area contributed by atoms with Gasteiger partial charge in [0, 0.05) is 36.9 Å². The van der Waals surface area contributed by atoms with Crippen LogP contribution in [0.25, 0.3) is 0 Å². The van der Waals surface area contributed by atoms with Crippen molar-refractivity contribution in [1.29, 1.82) is 0 Å². The van der Waals surface area contributed by atoms with Crippen molar-refractivity contribution in [1.82, 2.24) is 4.90 Å². The third-order valence-corrected chi connectivity index (χ3v) is 4.03. The van der Waals surface area contributed by atoms with Crippen molar-refractivity contribution >= 4 is 11.5 Å². The first-order valence-corrected chi connectivity index (χ1v) is 6.81. The standard InChI is InChI=1S/C15H23N3O/c1-11-9-18(15(8-16)10-17(11)3)14-6-4-13(5-7-14)12(2)19/h4-7,11,15H,8-10,16H2,1-3H3. The molecule has 1 aromatic rings. The summed E-state index contributed by atoms with van der Waals surface area (Å²) in [5, 5.41) is 0. The Morgan fingerprint density at radius 3 is 2.47 bits per heavy atom. The summed E-state index contributed by atoms with van der Waals surface area (Å²) in [4.78, 5) is 16.0. The van der Waals surface area contributed by atoms with E-state index in [4.69, 9.17) is 5.73 Å². The molecule has 0 saturated carbocycles. The number of nitrogens with zero attached hydrogens (tertiary/aromatic N) is 2. The van der Waals surface area contributed by atoms with Gasteiger partial charge in [0.25, 0.3) is 0 Å². The van der Waals surface area contributed by atoms with E-state index in [0.29, 0.717) is 18.6 Å². The summed E-state index contributed by atoms with van der Waals surface area (Å²) in [6.45, 7) is 6.41. The Labute approximate surface area is 115 Å². The van der Waals surface area contributed by atoms with Gasteiger partial charge in [0.2, 0.25) is 0 Å². The van der Waals surface area contributed by atoms with Crippen LogP contribution in [0.4, 0.5) is 5.69 Å². The molecule has 1 aromatic carbocycles. The molecule has 1 heterocycles. The van der Waals surface area contributed by atoms with Gasteiger partial charge in [0.1, 0.15) is 0 Å². The van der Waals surface area contributed by atoms with Gasteiger partial charge in [0.15, 0.2) is 5.78 Å². The summed E-state index contributed by atoms with van der Waals surface area (Å²) in [5.74, 6) is 0.105. The minimum atomic E-state index is 0.105. The molecular formula is C15H23N3O. The number of anilines is 1. The van der Waals surface area contributed by atoms with Gasteiger partial charge in [-0.05, 0) is 45.2 Å².